The van der Waals surface area contributed by atoms with E-state index in [4.69, 9.17) is 5.11 Å². The summed E-state index contributed by atoms with van der Waals surface area (Å²) in [4.78, 5) is 9.87. The average Bonchev–Trinajstić information content (AvgIpc) is 1.89. The fourth-order valence-electron chi connectivity index (χ4n) is 0.526. The van der Waals surface area contributed by atoms with Crippen LogP contribution in [0.4, 0.5) is 0 Å². The third-order valence-corrected chi connectivity index (χ3v) is 0.994. The molecule has 0 atom stereocenters. The van der Waals surface area contributed by atoms with Crippen molar-refractivity contribution in [1.82, 2.24) is 0 Å². The van der Waals surface area contributed by atoms with Crippen molar-refractivity contribution in [2.75, 3.05) is 0 Å². The first-order valence-corrected chi connectivity index (χ1v) is 6.32. The quantitative estimate of drug-likeness (QED) is 0.808. The number of aliphatic carboxylic acids is 1. The summed E-state index contributed by atoms with van der Waals surface area (Å²) in [5.74, 6) is -0.682. The van der Waals surface area contributed by atoms with Crippen molar-refractivity contribution in [2.45, 2.75) is 41.6 Å². The van der Waals surface area contributed by atoms with Gasteiger partial charge in [0.1, 0.15) is 0 Å². The number of hydrogen-bond acceptors (Lipinski definition) is 1. The maximum absolute atomic E-state index is 9.87. The van der Waals surface area contributed by atoms with Crippen LogP contribution in [0.25, 0.3) is 0 Å². The maximum atomic E-state index is 9.87. The zero-order valence-corrected chi connectivity index (χ0v) is 10.6. The summed E-state index contributed by atoms with van der Waals surface area (Å²) in [6, 6.07) is 0. The molecule has 0 amide bonds. The number of carboxylic acids is 1. The molecule has 2 nitrogen and oxygen atoms in total. The molecule has 0 unspecified atom stereocenters. The zero-order valence-electron chi connectivity index (χ0n) is 7.39. The van der Waals surface area contributed by atoms with Crippen molar-refractivity contribution in [3.8, 4) is 0 Å². The Bertz CT molecular complexity index is 84.2. The number of hydrogen-bond donors (Lipinski definition) is 1. The van der Waals surface area contributed by atoms with Crippen LogP contribution in [0, 0.1) is 38.8 Å². The van der Waals surface area contributed by atoms with Crippen LogP contribution in [0.2, 0.25) is 2.07 Å². The Morgan fingerprint density at radius 2 is 1.82 bits per heavy atom. The number of rotatable bonds is 4. The van der Waals surface area contributed by atoms with Crippen molar-refractivity contribution in [2.24, 2.45) is 0 Å². The summed E-state index contributed by atoms with van der Waals surface area (Å²) in [5, 5.41) is 8.14. The molecule has 65 valence electrons. The van der Waals surface area contributed by atoms with E-state index in [0.29, 0.717) is 6.42 Å². The number of carbonyl (C=O) groups is 1. The molecule has 0 fully saturated rings. The standard InChI is InChI=1S/C6H12O2.C2H5.Nd/c1-2-3-4-5-6(7)8;1-2;/h2-5H2,1H3,(H,7,8);1H2,2H3;. The fraction of sp³-hybridized carbons (Fsp3) is 0.875. The van der Waals surface area contributed by atoms with Crippen molar-refractivity contribution < 1.29 is 48.7 Å². The Balaban J connectivity index is 0. The second kappa shape index (κ2) is 13.4. The van der Waals surface area contributed by atoms with Crippen molar-refractivity contribution >= 4 is 5.97 Å². The Morgan fingerprint density at radius 1 is 1.36 bits per heavy atom. The third-order valence-electron chi connectivity index (χ3n) is 0.994. The van der Waals surface area contributed by atoms with Gasteiger partial charge in [0.2, 0.25) is 0 Å². The average molecular weight is 289 g/mol. The molecule has 0 aliphatic rings. The summed E-state index contributed by atoms with van der Waals surface area (Å²) in [6.07, 6.45) is 3.28. The molecule has 3 heteroatoms. The van der Waals surface area contributed by atoms with E-state index in [0.717, 1.165) is 19.3 Å². The Morgan fingerprint density at radius 3 is 2.09 bits per heavy atom. The van der Waals surface area contributed by atoms with Gasteiger partial charge in [0.15, 0.2) is 0 Å². The van der Waals surface area contributed by atoms with Crippen LogP contribution < -0.4 is 0 Å². The molecule has 0 rings (SSSR count). The van der Waals surface area contributed by atoms with Crippen LogP contribution in [0.15, 0.2) is 0 Å². The monoisotopic (exact) mass is 287 g/mol. The molecule has 0 saturated heterocycles. The van der Waals surface area contributed by atoms with Crippen molar-refractivity contribution in [3.05, 3.63) is 0 Å². The van der Waals surface area contributed by atoms with E-state index in [2.05, 4.69) is 13.8 Å². The first-order valence-electron chi connectivity index (χ1n) is 4.05. The molecule has 11 heavy (non-hydrogen) atoms. The van der Waals surface area contributed by atoms with Crippen LogP contribution in [-0.4, -0.2) is 11.1 Å². The van der Waals surface area contributed by atoms with Gasteiger partial charge in [0, 0.05) is 6.42 Å². The van der Waals surface area contributed by atoms with E-state index >= 15 is 0 Å². The van der Waals surface area contributed by atoms with Gasteiger partial charge >= 0.3 is 53.7 Å². The van der Waals surface area contributed by atoms with Gasteiger partial charge in [-0.25, -0.2) is 0 Å². The molecule has 0 bridgehead atoms. The number of carboxylic acid groups (broad SMARTS) is 1. The summed E-state index contributed by atoms with van der Waals surface area (Å²) >= 11 is 1.37. The molecule has 0 radical (unpaired) electrons. The van der Waals surface area contributed by atoms with Crippen LogP contribution >= 0.6 is 0 Å². The molecule has 0 aliphatic carbocycles. The molecule has 0 aliphatic heterocycles. The number of unbranched alkanes of at least 4 members (excludes halogenated alkanes) is 2. The van der Waals surface area contributed by atoms with Gasteiger partial charge in [-0.1, -0.05) is 19.8 Å². The second-order valence-electron chi connectivity index (χ2n) is 2.20. The second-order valence-corrected chi connectivity index (χ2v) is 4.47. The Kier molecular flexibility index (Phi) is 17.5. The molecule has 0 saturated carbocycles. The molecule has 0 aromatic carbocycles. The SMILES string of the molecule is CCCCCC(=O)O.C[CH2][Nd]. The summed E-state index contributed by atoms with van der Waals surface area (Å²) in [6.45, 7) is 4.24. The van der Waals surface area contributed by atoms with E-state index in [1.54, 1.807) is 0 Å². The zero-order chi connectivity index (χ0) is 9.11. The van der Waals surface area contributed by atoms with Gasteiger partial charge in [-0.15, -0.1) is 0 Å². The molecule has 0 heterocycles. The third kappa shape index (κ3) is 24.8. The van der Waals surface area contributed by atoms with Crippen LogP contribution in [0.5, 0.6) is 0 Å². The fourth-order valence-corrected chi connectivity index (χ4v) is 0.526. The summed E-state index contributed by atoms with van der Waals surface area (Å²) in [5.41, 5.74) is 0. The van der Waals surface area contributed by atoms with E-state index in [1.165, 1.54) is 40.8 Å². The molecule has 0 spiro atoms. The molecule has 0 aromatic heterocycles. The Labute approximate surface area is 95.4 Å². The first kappa shape index (κ1) is 14.4. The van der Waals surface area contributed by atoms with Crippen molar-refractivity contribution in [3.63, 3.8) is 0 Å². The van der Waals surface area contributed by atoms with Crippen LogP contribution in [0.3, 0.4) is 0 Å². The van der Waals surface area contributed by atoms with E-state index < -0.39 is 5.97 Å². The first-order chi connectivity index (χ1) is 5.18. The van der Waals surface area contributed by atoms with Crippen LogP contribution in [-0.2, 0) is 4.79 Å². The topological polar surface area (TPSA) is 37.3 Å². The van der Waals surface area contributed by atoms with Gasteiger partial charge in [-0.05, 0) is 6.42 Å². The van der Waals surface area contributed by atoms with Gasteiger partial charge < -0.3 is 5.11 Å². The van der Waals surface area contributed by atoms with Gasteiger partial charge in [0.05, 0.1) is 0 Å². The molecule has 1 N–H and O–H groups in total. The normalized spacial score (nSPS) is 8.09. The van der Waals surface area contributed by atoms with E-state index in [-0.39, 0.29) is 0 Å². The van der Waals surface area contributed by atoms with Gasteiger partial charge in [0.25, 0.3) is 0 Å². The summed E-state index contributed by atoms with van der Waals surface area (Å²) in [7, 11) is 0. The van der Waals surface area contributed by atoms with E-state index in [1.807, 2.05) is 0 Å². The Hall–Kier alpha value is 0.821. The van der Waals surface area contributed by atoms with Crippen LogP contribution in [0.1, 0.15) is 39.5 Å². The molecule has 0 aromatic rings. The predicted octanol–water partition coefficient (Wildman–Crippen LogP) is 2.63. The summed E-state index contributed by atoms with van der Waals surface area (Å²) < 4.78 is 1.39. The van der Waals surface area contributed by atoms with Gasteiger partial charge in [-0.2, -0.15) is 0 Å². The minimum absolute atomic E-state index is 0.327. The van der Waals surface area contributed by atoms with Gasteiger partial charge in [-0.3, -0.25) is 4.79 Å². The van der Waals surface area contributed by atoms with E-state index in [9.17, 15) is 4.79 Å². The van der Waals surface area contributed by atoms with Crippen molar-refractivity contribution in [1.29, 1.82) is 0 Å². The molecular formula is C8H17NdO2. The molecular weight excluding hydrogens is 272 g/mol. The predicted molar refractivity (Wildman–Crippen MR) is 42.3 cm³/mol. The minimum atomic E-state index is -0.682.